The Kier molecular flexibility index (Phi) is 4.29. The van der Waals surface area contributed by atoms with Crippen LogP contribution in [-0.2, 0) is 0 Å². The molecule has 4 nitrogen and oxygen atoms in total. The summed E-state index contributed by atoms with van der Waals surface area (Å²) in [5.74, 6) is 0.988. The molecule has 1 aliphatic rings. The Morgan fingerprint density at radius 2 is 1.71 bits per heavy atom. The van der Waals surface area contributed by atoms with Crippen molar-refractivity contribution in [3.05, 3.63) is 58.3 Å². The van der Waals surface area contributed by atoms with Crippen LogP contribution in [0.4, 0.5) is 11.5 Å². The van der Waals surface area contributed by atoms with E-state index in [1.165, 1.54) is 11.1 Å². The molecule has 122 valence electrons. The Morgan fingerprint density at radius 3 is 2.46 bits per heavy atom. The molecule has 24 heavy (non-hydrogen) atoms. The fourth-order valence-electron chi connectivity index (χ4n) is 3.11. The first kappa shape index (κ1) is 15.7. The third-order valence-corrected chi connectivity index (χ3v) is 5.05. The fraction of sp³-hybridized carbons (Fsp3) is 0.222. The summed E-state index contributed by atoms with van der Waals surface area (Å²) in [5, 5.41) is 1.87. The van der Waals surface area contributed by atoms with Gasteiger partial charge < -0.3 is 9.80 Å². The van der Waals surface area contributed by atoms with Gasteiger partial charge in [-0.1, -0.05) is 27.5 Å². The number of aromatic nitrogens is 2. The molecule has 1 aliphatic heterocycles. The molecule has 0 unspecified atom stereocenters. The molecule has 0 bridgehead atoms. The second-order valence-corrected chi connectivity index (χ2v) is 7.15. The third-order valence-electron chi connectivity index (χ3n) is 4.34. The molecule has 0 spiro atoms. The Bertz CT molecular complexity index is 861. The van der Waals surface area contributed by atoms with Gasteiger partial charge >= 0.3 is 0 Å². The maximum Gasteiger partial charge on any atom is 0.128 e. The zero-order chi connectivity index (χ0) is 16.5. The number of hydrogen-bond acceptors (Lipinski definition) is 4. The zero-order valence-corrected chi connectivity index (χ0v) is 15.3. The number of hydrogen-bond donors (Lipinski definition) is 0. The van der Waals surface area contributed by atoms with E-state index in [4.69, 9.17) is 11.6 Å². The van der Waals surface area contributed by atoms with Crippen molar-refractivity contribution in [2.75, 3.05) is 36.0 Å². The topological polar surface area (TPSA) is 32.3 Å². The Hall–Kier alpha value is -1.85. The third kappa shape index (κ3) is 3.06. The van der Waals surface area contributed by atoms with Gasteiger partial charge in [-0.3, -0.25) is 4.98 Å². The molecular formula is C18H16BrClN4. The van der Waals surface area contributed by atoms with Crippen LogP contribution >= 0.6 is 27.5 Å². The lowest BCUT2D eigenvalue weighted by atomic mass is 10.1. The highest BCUT2D eigenvalue weighted by atomic mass is 79.9. The number of piperazine rings is 1. The highest BCUT2D eigenvalue weighted by Gasteiger charge is 2.19. The van der Waals surface area contributed by atoms with E-state index in [-0.39, 0.29) is 0 Å². The van der Waals surface area contributed by atoms with Crippen molar-refractivity contribution in [2.24, 2.45) is 0 Å². The van der Waals surface area contributed by atoms with Crippen LogP contribution in [0.1, 0.15) is 0 Å². The van der Waals surface area contributed by atoms with Crippen LogP contribution in [0.2, 0.25) is 5.02 Å². The SMILES string of the molecule is Clc1ccc(N2CCN(c3ccnc4cc(Br)ccc34)CC2)nc1. The molecular weight excluding hydrogens is 388 g/mol. The summed E-state index contributed by atoms with van der Waals surface area (Å²) in [6.07, 6.45) is 3.59. The zero-order valence-electron chi connectivity index (χ0n) is 13.0. The van der Waals surface area contributed by atoms with Crippen LogP contribution in [-0.4, -0.2) is 36.1 Å². The van der Waals surface area contributed by atoms with E-state index in [2.05, 4.69) is 60.0 Å². The summed E-state index contributed by atoms with van der Waals surface area (Å²) in [4.78, 5) is 13.6. The summed E-state index contributed by atoms with van der Waals surface area (Å²) in [5.41, 5.74) is 2.26. The number of nitrogens with zero attached hydrogens (tertiary/aromatic N) is 4. The molecule has 0 aliphatic carbocycles. The number of anilines is 2. The van der Waals surface area contributed by atoms with Crippen LogP contribution in [0.5, 0.6) is 0 Å². The van der Waals surface area contributed by atoms with Gasteiger partial charge in [-0.25, -0.2) is 4.98 Å². The average Bonchev–Trinajstić information content (AvgIpc) is 2.62. The van der Waals surface area contributed by atoms with Gasteiger partial charge in [0.1, 0.15) is 5.82 Å². The molecule has 3 aromatic rings. The Balaban J connectivity index is 1.55. The molecule has 3 heterocycles. The molecule has 0 radical (unpaired) electrons. The fourth-order valence-corrected chi connectivity index (χ4v) is 3.57. The normalized spacial score (nSPS) is 15.1. The van der Waals surface area contributed by atoms with Gasteiger partial charge in [0.15, 0.2) is 0 Å². The number of halogens is 2. The molecule has 1 aromatic carbocycles. The lowest BCUT2D eigenvalue weighted by molar-refractivity contribution is 0.649. The molecule has 4 rings (SSSR count). The van der Waals surface area contributed by atoms with Crippen molar-refractivity contribution < 1.29 is 0 Å². The van der Waals surface area contributed by atoms with Gasteiger partial charge in [-0.15, -0.1) is 0 Å². The van der Waals surface area contributed by atoms with Gasteiger partial charge in [0.25, 0.3) is 0 Å². The smallest absolute Gasteiger partial charge is 0.128 e. The Morgan fingerprint density at radius 1 is 0.917 bits per heavy atom. The first-order chi connectivity index (χ1) is 11.7. The maximum atomic E-state index is 5.92. The summed E-state index contributed by atoms with van der Waals surface area (Å²) in [6, 6.07) is 12.2. The number of pyridine rings is 2. The van der Waals surface area contributed by atoms with Crippen LogP contribution < -0.4 is 9.80 Å². The monoisotopic (exact) mass is 402 g/mol. The van der Waals surface area contributed by atoms with Crippen LogP contribution in [0.25, 0.3) is 10.9 Å². The number of benzene rings is 1. The van der Waals surface area contributed by atoms with Gasteiger partial charge in [0.2, 0.25) is 0 Å². The van der Waals surface area contributed by atoms with E-state index in [0.29, 0.717) is 5.02 Å². The maximum absolute atomic E-state index is 5.92. The first-order valence-electron chi connectivity index (χ1n) is 7.86. The van der Waals surface area contributed by atoms with Gasteiger partial charge in [-0.2, -0.15) is 0 Å². The van der Waals surface area contributed by atoms with Crippen LogP contribution in [0.15, 0.2) is 53.3 Å². The van der Waals surface area contributed by atoms with Crippen molar-refractivity contribution in [1.29, 1.82) is 0 Å². The van der Waals surface area contributed by atoms with Crippen molar-refractivity contribution in [3.8, 4) is 0 Å². The first-order valence-corrected chi connectivity index (χ1v) is 9.03. The molecule has 0 saturated carbocycles. The van der Waals surface area contributed by atoms with Gasteiger partial charge in [-0.05, 0) is 36.4 Å². The van der Waals surface area contributed by atoms with Crippen molar-refractivity contribution in [3.63, 3.8) is 0 Å². The molecule has 0 amide bonds. The number of rotatable bonds is 2. The van der Waals surface area contributed by atoms with Crippen molar-refractivity contribution in [2.45, 2.75) is 0 Å². The van der Waals surface area contributed by atoms with E-state index in [0.717, 1.165) is 42.0 Å². The lowest BCUT2D eigenvalue weighted by Gasteiger charge is -2.37. The van der Waals surface area contributed by atoms with Crippen molar-refractivity contribution >= 4 is 49.9 Å². The lowest BCUT2D eigenvalue weighted by Crippen LogP contribution is -2.46. The minimum absolute atomic E-state index is 0.673. The second kappa shape index (κ2) is 6.57. The summed E-state index contributed by atoms with van der Waals surface area (Å²) in [7, 11) is 0. The predicted octanol–water partition coefficient (Wildman–Crippen LogP) is 4.37. The van der Waals surface area contributed by atoms with E-state index in [1.54, 1.807) is 6.20 Å². The predicted molar refractivity (Wildman–Crippen MR) is 103 cm³/mol. The van der Waals surface area contributed by atoms with E-state index < -0.39 is 0 Å². The van der Waals surface area contributed by atoms with E-state index in [9.17, 15) is 0 Å². The molecule has 0 atom stereocenters. The highest BCUT2D eigenvalue weighted by molar-refractivity contribution is 9.10. The minimum Gasteiger partial charge on any atom is -0.367 e. The quantitative estimate of drug-likeness (QED) is 0.636. The molecule has 1 fully saturated rings. The molecule has 2 aromatic heterocycles. The summed E-state index contributed by atoms with van der Waals surface area (Å²) in [6.45, 7) is 3.79. The summed E-state index contributed by atoms with van der Waals surface area (Å²) < 4.78 is 1.05. The van der Waals surface area contributed by atoms with Crippen LogP contribution in [0, 0.1) is 0 Å². The van der Waals surface area contributed by atoms with Crippen molar-refractivity contribution in [1.82, 2.24) is 9.97 Å². The standard InChI is InChI=1S/C18H16BrClN4/c19-13-1-3-15-16(11-13)21-6-5-17(15)23-7-9-24(10-8-23)18-4-2-14(20)12-22-18/h1-6,11-12H,7-10H2. The van der Waals surface area contributed by atoms with E-state index in [1.807, 2.05) is 18.3 Å². The van der Waals surface area contributed by atoms with Gasteiger partial charge in [0, 0.05) is 54.1 Å². The van der Waals surface area contributed by atoms with Crippen LogP contribution in [0.3, 0.4) is 0 Å². The second-order valence-electron chi connectivity index (χ2n) is 5.80. The molecule has 0 N–H and O–H groups in total. The highest BCUT2D eigenvalue weighted by Crippen LogP contribution is 2.28. The summed E-state index contributed by atoms with van der Waals surface area (Å²) >= 11 is 9.44. The van der Waals surface area contributed by atoms with Gasteiger partial charge in [0.05, 0.1) is 10.5 Å². The number of fused-ring (bicyclic) bond motifs is 1. The Labute approximate surface area is 154 Å². The molecule has 6 heteroatoms. The average molecular weight is 404 g/mol. The largest absolute Gasteiger partial charge is 0.367 e. The van der Waals surface area contributed by atoms with E-state index >= 15 is 0 Å². The molecule has 1 saturated heterocycles. The minimum atomic E-state index is 0.673.